The van der Waals surface area contributed by atoms with Gasteiger partial charge in [0.1, 0.15) is 12.0 Å². The highest BCUT2D eigenvalue weighted by molar-refractivity contribution is 5.91. The van der Waals surface area contributed by atoms with Gasteiger partial charge < -0.3 is 5.32 Å². The first-order valence-corrected chi connectivity index (χ1v) is 6.32. The predicted molar refractivity (Wildman–Crippen MR) is 73.9 cm³/mol. The molecule has 0 spiro atoms. The Morgan fingerprint density at radius 2 is 1.95 bits per heavy atom. The molecule has 6 nitrogen and oxygen atoms in total. The molecule has 0 aliphatic carbocycles. The van der Waals surface area contributed by atoms with Crippen molar-refractivity contribution in [2.75, 3.05) is 0 Å². The monoisotopic (exact) mass is 271 g/mol. The Labute approximate surface area is 117 Å². The van der Waals surface area contributed by atoms with Crippen LogP contribution in [-0.4, -0.2) is 25.8 Å². The third kappa shape index (κ3) is 3.34. The quantitative estimate of drug-likeness (QED) is 0.914. The van der Waals surface area contributed by atoms with Crippen LogP contribution in [-0.2, 0) is 12.0 Å². The van der Waals surface area contributed by atoms with Gasteiger partial charge in [0.05, 0.1) is 11.9 Å². The van der Waals surface area contributed by atoms with E-state index in [-0.39, 0.29) is 11.3 Å². The van der Waals surface area contributed by atoms with Crippen molar-refractivity contribution in [3.63, 3.8) is 0 Å². The van der Waals surface area contributed by atoms with Crippen LogP contribution in [0.2, 0.25) is 0 Å². The first-order chi connectivity index (χ1) is 9.48. The summed E-state index contributed by atoms with van der Waals surface area (Å²) in [6.07, 6.45) is 7.70. The fourth-order valence-corrected chi connectivity index (χ4v) is 1.85. The minimum absolute atomic E-state index is 0.102. The molecule has 2 aromatic rings. The van der Waals surface area contributed by atoms with E-state index < -0.39 is 0 Å². The normalized spacial score (nSPS) is 11.2. The zero-order chi connectivity index (χ0) is 14.6. The van der Waals surface area contributed by atoms with E-state index in [1.54, 1.807) is 6.20 Å². The fourth-order valence-electron chi connectivity index (χ4n) is 1.85. The Hall–Kier alpha value is -2.37. The molecule has 6 heteroatoms. The first-order valence-electron chi connectivity index (χ1n) is 6.32. The number of amides is 1. The van der Waals surface area contributed by atoms with E-state index in [0.29, 0.717) is 12.2 Å². The molecule has 2 heterocycles. The maximum absolute atomic E-state index is 11.9. The molecule has 0 unspecified atom stereocenters. The van der Waals surface area contributed by atoms with E-state index in [9.17, 15) is 4.79 Å². The minimum Gasteiger partial charge on any atom is -0.346 e. The van der Waals surface area contributed by atoms with Gasteiger partial charge in [0.2, 0.25) is 0 Å². The first kappa shape index (κ1) is 14.0. The lowest BCUT2D eigenvalue weighted by atomic mass is 9.89. The van der Waals surface area contributed by atoms with Gasteiger partial charge in [0, 0.05) is 36.1 Å². The van der Waals surface area contributed by atoms with Crippen molar-refractivity contribution < 1.29 is 4.79 Å². The van der Waals surface area contributed by atoms with E-state index in [1.165, 1.54) is 24.9 Å². The molecule has 104 valence electrons. The van der Waals surface area contributed by atoms with Gasteiger partial charge in [-0.2, -0.15) is 0 Å². The van der Waals surface area contributed by atoms with Crippen LogP contribution in [0.3, 0.4) is 0 Å². The van der Waals surface area contributed by atoms with E-state index in [0.717, 1.165) is 11.3 Å². The number of rotatable bonds is 3. The zero-order valence-electron chi connectivity index (χ0n) is 11.8. The summed E-state index contributed by atoms with van der Waals surface area (Å²) in [4.78, 5) is 28.1. The van der Waals surface area contributed by atoms with Crippen molar-refractivity contribution in [2.24, 2.45) is 0 Å². The average Bonchev–Trinajstić information content (AvgIpc) is 2.45. The molecule has 0 atom stereocenters. The fraction of sp³-hybridized carbons (Fsp3) is 0.357. The van der Waals surface area contributed by atoms with Crippen LogP contribution in [0.25, 0.3) is 0 Å². The van der Waals surface area contributed by atoms with Crippen molar-refractivity contribution in [3.05, 3.63) is 48.1 Å². The molecule has 0 aliphatic rings. The number of nitrogens with zero attached hydrogens (tertiary/aromatic N) is 4. The predicted octanol–water partition coefficient (Wildman–Crippen LogP) is 1.49. The SMILES string of the molecule is CC(C)(C)c1ncncc1CNC(=O)c1cnccn1. The average molecular weight is 271 g/mol. The Morgan fingerprint density at radius 3 is 2.60 bits per heavy atom. The summed E-state index contributed by atoms with van der Waals surface area (Å²) in [5, 5.41) is 2.81. The Morgan fingerprint density at radius 1 is 1.15 bits per heavy atom. The van der Waals surface area contributed by atoms with E-state index in [2.05, 4.69) is 46.0 Å². The van der Waals surface area contributed by atoms with Crippen LogP contribution in [0.5, 0.6) is 0 Å². The molecular formula is C14H17N5O. The molecule has 20 heavy (non-hydrogen) atoms. The van der Waals surface area contributed by atoms with Gasteiger partial charge >= 0.3 is 0 Å². The molecular weight excluding hydrogens is 254 g/mol. The van der Waals surface area contributed by atoms with Crippen molar-refractivity contribution in [1.29, 1.82) is 0 Å². The minimum atomic E-state index is -0.262. The Bertz CT molecular complexity index is 592. The second kappa shape index (κ2) is 5.73. The third-order valence-corrected chi connectivity index (χ3v) is 2.73. The third-order valence-electron chi connectivity index (χ3n) is 2.73. The van der Waals surface area contributed by atoms with E-state index >= 15 is 0 Å². The Kier molecular flexibility index (Phi) is 4.02. The zero-order valence-corrected chi connectivity index (χ0v) is 11.8. The standard InChI is InChI=1S/C14H17N5O/c1-14(2,3)12-10(6-16-9-19-12)7-18-13(20)11-8-15-4-5-17-11/h4-6,8-9H,7H2,1-3H3,(H,18,20). The molecule has 0 aliphatic heterocycles. The molecule has 0 saturated heterocycles. The molecule has 2 aromatic heterocycles. The number of nitrogens with one attached hydrogen (secondary N) is 1. The largest absolute Gasteiger partial charge is 0.346 e. The summed E-state index contributed by atoms with van der Waals surface area (Å²) in [7, 11) is 0. The molecule has 0 aromatic carbocycles. The van der Waals surface area contributed by atoms with Gasteiger partial charge in [-0.25, -0.2) is 15.0 Å². The summed E-state index contributed by atoms with van der Waals surface area (Å²) >= 11 is 0. The number of carbonyl (C=O) groups excluding carboxylic acids is 1. The Balaban J connectivity index is 2.11. The lowest BCUT2D eigenvalue weighted by Gasteiger charge is -2.20. The summed E-state index contributed by atoms with van der Waals surface area (Å²) in [6, 6.07) is 0. The lowest BCUT2D eigenvalue weighted by molar-refractivity contribution is 0.0945. The van der Waals surface area contributed by atoms with Crippen LogP contribution in [0.1, 0.15) is 42.5 Å². The summed E-state index contributed by atoms with van der Waals surface area (Å²) in [5.41, 5.74) is 2.01. The molecule has 0 fully saturated rings. The van der Waals surface area contributed by atoms with Gasteiger partial charge in [-0.1, -0.05) is 20.8 Å². The van der Waals surface area contributed by atoms with Crippen LogP contribution >= 0.6 is 0 Å². The highest BCUT2D eigenvalue weighted by Crippen LogP contribution is 2.22. The van der Waals surface area contributed by atoms with E-state index in [1.807, 2.05) is 0 Å². The summed E-state index contributed by atoms with van der Waals surface area (Å²) < 4.78 is 0. The van der Waals surface area contributed by atoms with Gasteiger partial charge in [-0.05, 0) is 0 Å². The van der Waals surface area contributed by atoms with Crippen LogP contribution in [0.15, 0.2) is 31.1 Å². The molecule has 0 bridgehead atoms. The van der Waals surface area contributed by atoms with Gasteiger partial charge in [0.15, 0.2) is 0 Å². The van der Waals surface area contributed by atoms with Gasteiger partial charge in [-0.15, -0.1) is 0 Å². The van der Waals surface area contributed by atoms with Crippen molar-refractivity contribution >= 4 is 5.91 Å². The second-order valence-electron chi connectivity index (χ2n) is 5.42. The van der Waals surface area contributed by atoms with Crippen molar-refractivity contribution in [2.45, 2.75) is 32.7 Å². The number of carbonyl (C=O) groups is 1. The maximum atomic E-state index is 11.9. The topological polar surface area (TPSA) is 80.7 Å². The van der Waals surface area contributed by atoms with E-state index in [4.69, 9.17) is 0 Å². The van der Waals surface area contributed by atoms with Crippen LogP contribution in [0.4, 0.5) is 0 Å². The lowest BCUT2D eigenvalue weighted by Crippen LogP contribution is -2.26. The highest BCUT2D eigenvalue weighted by Gasteiger charge is 2.20. The van der Waals surface area contributed by atoms with Crippen molar-refractivity contribution in [1.82, 2.24) is 25.3 Å². The molecule has 0 saturated carbocycles. The molecule has 2 rings (SSSR count). The van der Waals surface area contributed by atoms with Crippen LogP contribution < -0.4 is 5.32 Å². The van der Waals surface area contributed by atoms with Crippen molar-refractivity contribution in [3.8, 4) is 0 Å². The number of aromatic nitrogens is 4. The summed E-state index contributed by atoms with van der Waals surface area (Å²) in [5.74, 6) is -0.262. The summed E-state index contributed by atoms with van der Waals surface area (Å²) in [6.45, 7) is 6.58. The van der Waals surface area contributed by atoms with Gasteiger partial charge in [0.25, 0.3) is 5.91 Å². The van der Waals surface area contributed by atoms with Gasteiger partial charge in [-0.3, -0.25) is 9.78 Å². The maximum Gasteiger partial charge on any atom is 0.271 e. The second-order valence-corrected chi connectivity index (χ2v) is 5.42. The highest BCUT2D eigenvalue weighted by atomic mass is 16.1. The van der Waals surface area contributed by atoms with Crippen LogP contribution in [0, 0.1) is 0 Å². The molecule has 1 N–H and O–H groups in total. The molecule has 1 amide bonds. The smallest absolute Gasteiger partial charge is 0.271 e. The molecule has 0 radical (unpaired) electrons. The number of hydrogen-bond donors (Lipinski definition) is 1. The number of hydrogen-bond acceptors (Lipinski definition) is 5.